The van der Waals surface area contributed by atoms with Crippen molar-refractivity contribution in [3.8, 4) is 5.75 Å². The lowest BCUT2D eigenvalue weighted by Gasteiger charge is -2.33. The molecule has 0 radical (unpaired) electrons. The minimum absolute atomic E-state index is 0.0139. The molecule has 6 nitrogen and oxygen atoms in total. The lowest BCUT2D eigenvalue weighted by molar-refractivity contribution is -0.125. The highest BCUT2D eigenvalue weighted by molar-refractivity contribution is 6.00. The number of ether oxygens (including phenoxy) is 1. The number of benzene rings is 1. The van der Waals surface area contributed by atoms with Gasteiger partial charge in [-0.15, -0.1) is 0 Å². The normalized spacial score (nSPS) is 26.5. The molecule has 3 unspecified atom stereocenters. The number of carbonyl (C=O) groups is 2. The number of nitrogens with one attached hydrogen (secondary N) is 2. The maximum absolute atomic E-state index is 12.4. The average Bonchev–Trinajstić information content (AvgIpc) is 2.57. The number of fused-ring (bicyclic) bond motifs is 1. The van der Waals surface area contributed by atoms with Gasteiger partial charge in [0, 0.05) is 25.6 Å². The third-order valence-corrected chi connectivity index (χ3v) is 4.81. The number of carbonyl (C=O) groups excluding carboxylic acids is 2. The van der Waals surface area contributed by atoms with E-state index in [0.29, 0.717) is 18.2 Å². The van der Waals surface area contributed by atoms with Crippen molar-refractivity contribution < 1.29 is 14.3 Å². The summed E-state index contributed by atoms with van der Waals surface area (Å²) >= 11 is 0. The fraction of sp³-hybridized carbons (Fsp3) is 0.556. The van der Waals surface area contributed by atoms with Crippen molar-refractivity contribution in [2.75, 3.05) is 24.5 Å². The first-order chi connectivity index (χ1) is 11.6. The molecule has 1 aromatic carbocycles. The number of nitrogens with zero attached hydrogens (tertiary/aromatic N) is 1. The summed E-state index contributed by atoms with van der Waals surface area (Å²) in [5, 5.41) is 6.39. The summed E-state index contributed by atoms with van der Waals surface area (Å²) in [5.74, 6) is 1.05. The quantitative estimate of drug-likeness (QED) is 0.873. The third-order valence-electron chi connectivity index (χ3n) is 4.81. The van der Waals surface area contributed by atoms with Crippen LogP contribution in [0.2, 0.25) is 0 Å². The molecule has 6 heteroatoms. The minimum Gasteiger partial charge on any atom is -0.479 e. The van der Waals surface area contributed by atoms with E-state index in [2.05, 4.69) is 17.6 Å². The largest absolute Gasteiger partial charge is 0.479 e. The summed E-state index contributed by atoms with van der Waals surface area (Å²) in [6.07, 6.45) is 0.832. The second-order valence-corrected chi connectivity index (χ2v) is 6.61. The zero-order chi connectivity index (χ0) is 17.1. The molecule has 130 valence electrons. The highest BCUT2D eigenvalue weighted by Crippen LogP contribution is 2.33. The van der Waals surface area contributed by atoms with E-state index in [1.54, 1.807) is 11.8 Å². The molecular formula is C18H25N3O3. The number of piperidine rings is 1. The van der Waals surface area contributed by atoms with Crippen LogP contribution in [0, 0.1) is 5.92 Å². The topological polar surface area (TPSA) is 70.7 Å². The minimum atomic E-state index is -0.523. The smallest absolute Gasteiger partial charge is 0.267 e. The first kappa shape index (κ1) is 16.8. The van der Waals surface area contributed by atoms with Gasteiger partial charge in [0.25, 0.3) is 5.91 Å². The van der Waals surface area contributed by atoms with Gasteiger partial charge in [0.2, 0.25) is 5.91 Å². The van der Waals surface area contributed by atoms with Crippen LogP contribution in [0.1, 0.15) is 26.7 Å². The van der Waals surface area contributed by atoms with E-state index in [1.807, 2.05) is 24.3 Å². The Morgan fingerprint density at radius 3 is 2.96 bits per heavy atom. The van der Waals surface area contributed by atoms with E-state index in [-0.39, 0.29) is 24.3 Å². The molecule has 24 heavy (non-hydrogen) atoms. The van der Waals surface area contributed by atoms with Gasteiger partial charge in [-0.05, 0) is 37.9 Å². The predicted octanol–water partition coefficient (Wildman–Crippen LogP) is 1.30. The van der Waals surface area contributed by atoms with E-state index >= 15 is 0 Å². The molecule has 2 amide bonds. The van der Waals surface area contributed by atoms with Crippen molar-refractivity contribution in [1.29, 1.82) is 0 Å². The fourth-order valence-electron chi connectivity index (χ4n) is 3.26. The second-order valence-electron chi connectivity index (χ2n) is 6.61. The molecular weight excluding hydrogens is 306 g/mol. The molecule has 2 heterocycles. The SMILES string of the molecule is CC1Oc2ccccc2N(CCC(=O)NC2CNCCC2C)C1=O. The van der Waals surface area contributed by atoms with Crippen LogP contribution in [-0.4, -0.2) is 43.6 Å². The van der Waals surface area contributed by atoms with Gasteiger partial charge in [0.05, 0.1) is 5.69 Å². The molecule has 2 aliphatic heterocycles. The summed E-state index contributed by atoms with van der Waals surface area (Å²) in [5.41, 5.74) is 0.737. The van der Waals surface area contributed by atoms with Gasteiger partial charge in [-0.25, -0.2) is 0 Å². The summed E-state index contributed by atoms with van der Waals surface area (Å²) in [6, 6.07) is 7.61. The Balaban J connectivity index is 1.61. The molecule has 2 N–H and O–H groups in total. The Morgan fingerprint density at radius 1 is 1.38 bits per heavy atom. The van der Waals surface area contributed by atoms with Crippen LogP contribution in [0.4, 0.5) is 5.69 Å². The molecule has 1 fully saturated rings. The van der Waals surface area contributed by atoms with Crippen LogP contribution in [0.5, 0.6) is 5.75 Å². The molecule has 0 aliphatic carbocycles. The first-order valence-electron chi connectivity index (χ1n) is 8.63. The third kappa shape index (κ3) is 3.53. The zero-order valence-electron chi connectivity index (χ0n) is 14.2. The zero-order valence-corrected chi connectivity index (χ0v) is 14.2. The Labute approximate surface area is 142 Å². The predicted molar refractivity (Wildman–Crippen MR) is 92.1 cm³/mol. The molecule has 0 spiro atoms. The summed E-state index contributed by atoms with van der Waals surface area (Å²) in [7, 11) is 0. The average molecular weight is 331 g/mol. The first-order valence-corrected chi connectivity index (χ1v) is 8.63. The molecule has 0 aromatic heterocycles. The molecule has 3 atom stereocenters. The van der Waals surface area contributed by atoms with Crippen LogP contribution in [0.15, 0.2) is 24.3 Å². The van der Waals surface area contributed by atoms with Gasteiger partial charge in [0.15, 0.2) is 6.10 Å². The Hall–Kier alpha value is -2.08. The van der Waals surface area contributed by atoms with Crippen LogP contribution >= 0.6 is 0 Å². The monoisotopic (exact) mass is 331 g/mol. The lowest BCUT2D eigenvalue weighted by Crippen LogP contribution is -2.51. The van der Waals surface area contributed by atoms with Gasteiger partial charge in [-0.3, -0.25) is 9.59 Å². The number of amides is 2. The molecule has 2 aliphatic rings. The van der Waals surface area contributed by atoms with Crippen LogP contribution in [0.25, 0.3) is 0 Å². The van der Waals surface area contributed by atoms with Crippen LogP contribution in [-0.2, 0) is 9.59 Å². The number of rotatable bonds is 4. The van der Waals surface area contributed by atoms with Crippen molar-refractivity contribution >= 4 is 17.5 Å². The number of anilines is 1. The Morgan fingerprint density at radius 2 is 2.17 bits per heavy atom. The van der Waals surface area contributed by atoms with Crippen molar-refractivity contribution in [1.82, 2.24) is 10.6 Å². The summed E-state index contributed by atoms with van der Waals surface area (Å²) < 4.78 is 5.62. The molecule has 0 saturated carbocycles. The highest BCUT2D eigenvalue weighted by Gasteiger charge is 2.31. The second kappa shape index (κ2) is 7.21. The van der Waals surface area contributed by atoms with Crippen molar-refractivity contribution in [3.05, 3.63) is 24.3 Å². The number of para-hydroxylation sites is 2. The van der Waals surface area contributed by atoms with E-state index in [4.69, 9.17) is 4.74 Å². The fourth-order valence-corrected chi connectivity index (χ4v) is 3.26. The van der Waals surface area contributed by atoms with E-state index in [0.717, 1.165) is 25.2 Å². The summed E-state index contributed by atoms with van der Waals surface area (Å²) in [6.45, 7) is 6.08. The summed E-state index contributed by atoms with van der Waals surface area (Å²) in [4.78, 5) is 26.4. The van der Waals surface area contributed by atoms with E-state index in [9.17, 15) is 9.59 Å². The van der Waals surface area contributed by atoms with Gasteiger partial charge < -0.3 is 20.3 Å². The van der Waals surface area contributed by atoms with Crippen molar-refractivity contribution in [2.45, 2.75) is 38.8 Å². The van der Waals surface area contributed by atoms with Crippen LogP contribution in [0.3, 0.4) is 0 Å². The molecule has 1 aromatic rings. The van der Waals surface area contributed by atoms with E-state index in [1.165, 1.54) is 0 Å². The van der Waals surface area contributed by atoms with Gasteiger partial charge in [-0.1, -0.05) is 19.1 Å². The van der Waals surface area contributed by atoms with Crippen LogP contribution < -0.4 is 20.3 Å². The maximum Gasteiger partial charge on any atom is 0.267 e. The highest BCUT2D eigenvalue weighted by atomic mass is 16.5. The van der Waals surface area contributed by atoms with Gasteiger partial charge >= 0.3 is 0 Å². The van der Waals surface area contributed by atoms with Gasteiger partial charge in [0.1, 0.15) is 5.75 Å². The molecule has 0 bridgehead atoms. The number of hydrogen-bond donors (Lipinski definition) is 2. The molecule has 3 rings (SSSR count). The Kier molecular flexibility index (Phi) is 5.04. The van der Waals surface area contributed by atoms with Crippen molar-refractivity contribution in [2.24, 2.45) is 5.92 Å². The number of hydrogen-bond acceptors (Lipinski definition) is 4. The maximum atomic E-state index is 12.4. The standard InChI is InChI=1S/C18H25N3O3/c1-12-7-9-19-11-14(12)20-17(22)8-10-21-15-5-3-4-6-16(15)24-13(2)18(21)23/h3-6,12-14,19H,7-11H2,1-2H3,(H,20,22). The van der Waals surface area contributed by atoms with Gasteiger partial charge in [-0.2, -0.15) is 0 Å². The van der Waals surface area contributed by atoms with E-state index < -0.39 is 6.10 Å². The lowest BCUT2D eigenvalue weighted by atomic mass is 9.95. The Bertz CT molecular complexity index is 619. The van der Waals surface area contributed by atoms with Crippen molar-refractivity contribution in [3.63, 3.8) is 0 Å². The molecule has 1 saturated heterocycles.